The van der Waals surface area contributed by atoms with Gasteiger partial charge < -0.3 is 9.15 Å². The van der Waals surface area contributed by atoms with Crippen molar-refractivity contribution in [1.29, 1.82) is 0 Å². The molecule has 0 fully saturated rings. The number of H-pyrrole nitrogens is 1. The molecule has 0 radical (unpaired) electrons. The largest absolute Gasteiger partial charge is 0.489 e. The normalized spacial score (nSPS) is 10.9. The van der Waals surface area contributed by atoms with Crippen molar-refractivity contribution in [2.24, 2.45) is 0 Å². The third-order valence-corrected chi connectivity index (χ3v) is 5.56. The molecular formula is C24H17N3O4S. The summed E-state index contributed by atoms with van der Waals surface area (Å²) >= 11 is 1.32. The van der Waals surface area contributed by atoms with Crippen molar-refractivity contribution in [1.82, 2.24) is 9.97 Å². The number of anilines is 1. The van der Waals surface area contributed by atoms with Crippen LogP contribution in [-0.4, -0.2) is 15.9 Å². The molecule has 2 heterocycles. The molecule has 0 spiro atoms. The topological polar surface area (TPSA) is 97.2 Å². The van der Waals surface area contributed by atoms with Crippen LogP contribution in [0.4, 0.5) is 5.13 Å². The fraction of sp³-hybridized carbons (Fsp3) is 0.0417. The SMILES string of the molecule is O=C(Nc1nc(-c2ccc3[nH]c(=O)oc3c2)cs1)c1ccc(OCc2ccccc2)cc1. The summed E-state index contributed by atoms with van der Waals surface area (Å²) in [5.74, 6) is -0.0683. The van der Waals surface area contributed by atoms with E-state index in [1.165, 1.54) is 11.3 Å². The molecule has 0 aliphatic carbocycles. The number of thiazole rings is 1. The van der Waals surface area contributed by atoms with Crippen molar-refractivity contribution in [3.63, 3.8) is 0 Å². The minimum atomic E-state index is -0.500. The van der Waals surface area contributed by atoms with Crippen molar-refractivity contribution in [2.45, 2.75) is 6.61 Å². The smallest absolute Gasteiger partial charge is 0.417 e. The van der Waals surface area contributed by atoms with Crippen LogP contribution in [0.2, 0.25) is 0 Å². The molecule has 2 aromatic heterocycles. The van der Waals surface area contributed by atoms with E-state index in [0.717, 1.165) is 11.1 Å². The van der Waals surface area contributed by atoms with Crippen molar-refractivity contribution in [2.75, 3.05) is 5.32 Å². The van der Waals surface area contributed by atoms with Crippen LogP contribution in [0.5, 0.6) is 5.75 Å². The van der Waals surface area contributed by atoms with Crippen molar-refractivity contribution >= 4 is 33.5 Å². The molecule has 0 atom stereocenters. The Kier molecular flexibility index (Phi) is 5.27. The van der Waals surface area contributed by atoms with E-state index in [2.05, 4.69) is 15.3 Å². The Morgan fingerprint density at radius 2 is 1.88 bits per heavy atom. The van der Waals surface area contributed by atoms with E-state index in [1.807, 2.05) is 41.8 Å². The zero-order valence-electron chi connectivity index (χ0n) is 16.7. The molecule has 3 aromatic carbocycles. The van der Waals surface area contributed by atoms with Crippen LogP contribution < -0.4 is 15.8 Å². The first-order chi connectivity index (χ1) is 15.6. The molecule has 32 heavy (non-hydrogen) atoms. The van der Waals surface area contributed by atoms with Gasteiger partial charge in [0.1, 0.15) is 12.4 Å². The molecule has 5 aromatic rings. The van der Waals surface area contributed by atoms with Gasteiger partial charge in [-0.1, -0.05) is 36.4 Å². The number of aromatic nitrogens is 2. The Labute approximate surface area is 186 Å². The van der Waals surface area contributed by atoms with Crippen LogP contribution in [0, 0.1) is 0 Å². The number of rotatable bonds is 6. The van der Waals surface area contributed by atoms with Gasteiger partial charge in [0.05, 0.1) is 11.2 Å². The summed E-state index contributed by atoms with van der Waals surface area (Å²) in [6.45, 7) is 0.465. The van der Waals surface area contributed by atoms with Crippen molar-refractivity contribution < 1.29 is 13.9 Å². The molecule has 0 unspecified atom stereocenters. The minimum absolute atomic E-state index is 0.257. The quantitative estimate of drug-likeness (QED) is 0.382. The lowest BCUT2D eigenvalue weighted by atomic mass is 10.1. The highest BCUT2D eigenvalue weighted by molar-refractivity contribution is 7.14. The molecule has 2 N–H and O–H groups in total. The van der Waals surface area contributed by atoms with Gasteiger partial charge in [0.2, 0.25) is 0 Å². The molecule has 0 aliphatic rings. The molecule has 158 valence electrons. The van der Waals surface area contributed by atoms with Gasteiger partial charge >= 0.3 is 5.76 Å². The monoisotopic (exact) mass is 443 g/mol. The van der Waals surface area contributed by atoms with E-state index < -0.39 is 5.76 Å². The molecule has 0 saturated carbocycles. The van der Waals surface area contributed by atoms with Gasteiger partial charge in [-0.25, -0.2) is 9.78 Å². The summed E-state index contributed by atoms with van der Waals surface area (Å²) in [5.41, 5.74) is 4.13. The molecular weight excluding hydrogens is 426 g/mol. The van der Waals surface area contributed by atoms with Gasteiger partial charge in [-0.3, -0.25) is 15.1 Å². The van der Waals surface area contributed by atoms with Gasteiger partial charge in [-0.2, -0.15) is 0 Å². The summed E-state index contributed by atoms with van der Waals surface area (Å²) < 4.78 is 10.9. The lowest BCUT2D eigenvalue weighted by Gasteiger charge is -2.07. The summed E-state index contributed by atoms with van der Waals surface area (Å²) in [7, 11) is 0. The number of oxazole rings is 1. The lowest BCUT2D eigenvalue weighted by molar-refractivity contribution is 0.102. The second kappa shape index (κ2) is 8.52. The van der Waals surface area contributed by atoms with E-state index in [1.54, 1.807) is 36.4 Å². The number of benzene rings is 3. The number of hydrogen-bond donors (Lipinski definition) is 2. The number of carbonyl (C=O) groups is 1. The van der Waals surface area contributed by atoms with E-state index in [-0.39, 0.29) is 5.91 Å². The second-order valence-corrected chi connectivity index (χ2v) is 7.87. The van der Waals surface area contributed by atoms with Gasteiger partial charge in [-0.05, 0) is 42.0 Å². The van der Waals surface area contributed by atoms with Gasteiger partial charge in [-0.15, -0.1) is 11.3 Å². The molecule has 1 amide bonds. The first kappa shape index (κ1) is 19.8. The number of hydrogen-bond acceptors (Lipinski definition) is 6. The Balaban J connectivity index is 1.24. The predicted octanol–water partition coefficient (Wildman–Crippen LogP) is 5.08. The third-order valence-electron chi connectivity index (χ3n) is 4.81. The maximum atomic E-state index is 12.6. The number of carbonyl (C=O) groups excluding carboxylic acids is 1. The summed E-state index contributed by atoms with van der Waals surface area (Å²) in [5, 5.41) is 5.13. The Morgan fingerprint density at radius 1 is 1.06 bits per heavy atom. The minimum Gasteiger partial charge on any atom is -0.489 e. The highest BCUT2D eigenvalue weighted by Crippen LogP contribution is 2.27. The lowest BCUT2D eigenvalue weighted by Crippen LogP contribution is -2.11. The fourth-order valence-corrected chi connectivity index (χ4v) is 3.90. The zero-order chi connectivity index (χ0) is 21.9. The number of nitrogens with one attached hydrogen (secondary N) is 2. The maximum Gasteiger partial charge on any atom is 0.417 e. The fourth-order valence-electron chi connectivity index (χ4n) is 3.18. The molecule has 0 saturated heterocycles. The summed E-state index contributed by atoms with van der Waals surface area (Å²) in [4.78, 5) is 31.0. The van der Waals surface area contributed by atoms with Crippen LogP contribution in [0.15, 0.2) is 87.4 Å². The molecule has 0 bridgehead atoms. The standard InChI is InChI=1S/C24H17N3O4S/c28-22(16-6-9-18(10-7-16)30-13-15-4-2-1-3-5-15)27-23-25-20(14-32-23)17-8-11-19-21(12-17)31-24(29)26-19/h1-12,14H,13H2,(H,26,29)(H,25,27,28). The summed E-state index contributed by atoms with van der Waals surface area (Å²) in [6.07, 6.45) is 0. The van der Waals surface area contributed by atoms with Crippen LogP contribution in [0.3, 0.4) is 0 Å². The highest BCUT2D eigenvalue weighted by Gasteiger charge is 2.12. The van der Waals surface area contributed by atoms with E-state index in [0.29, 0.717) is 39.8 Å². The van der Waals surface area contributed by atoms with Crippen molar-refractivity contribution in [3.8, 4) is 17.0 Å². The number of nitrogens with zero attached hydrogens (tertiary/aromatic N) is 1. The van der Waals surface area contributed by atoms with Gasteiger partial charge in [0.15, 0.2) is 10.7 Å². The first-order valence-corrected chi connectivity index (χ1v) is 10.7. The predicted molar refractivity (Wildman–Crippen MR) is 123 cm³/mol. The van der Waals surface area contributed by atoms with Gasteiger partial charge in [0, 0.05) is 16.5 Å². The Bertz CT molecular complexity index is 1440. The molecule has 0 aliphatic heterocycles. The van der Waals surface area contributed by atoms with E-state index in [9.17, 15) is 9.59 Å². The van der Waals surface area contributed by atoms with Crippen molar-refractivity contribution in [3.05, 3.63) is 99.9 Å². The average Bonchev–Trinajstić information content (AvgIpc) is 3.43. The molecule has 7 nitrogen and oxygen atoms in total. The molecule has 8 heteroatoms. The number of amides is 1. The summed E-state index contributed by atoms with van der Waals surface area (Å²) in [6, 6.07) is 22.2. The van der Waals surface area contributed by atoms with E-state index in [4.69, 9.17) is 9.15 Å². The number of ether oxygens (including phenoxy) is 1. The van der Waals surface area contributed by atoms with Crippen LogP contribution in [0.1, 0.15) is 15.9 Å². The zero-order valence-corrected chi connectivity index (χ0v) is 17.5. The Morgan fingerprint density at radius 3 is 2.69 bits per heavy atom. The van der Waals surface area contributed by atoms with Crippen LogP contribution >= 0.6 is 11.3 Å². The third kappa shape index (κ3) is 4.30. The van der Waals surface area contributed by atoms with Crippen LogP contribution in [0.25, 0.3) is 22.4 Å². The number of fused-ring (bicyclic) bond motifs is 1. The number of aromatic amines is 1. The van der Waals surface area contributed by atoms with Crippen LogP contribution in [-0.2, 0) is 6.61 Å². The maximum absolute atomic E-state index is 12.6. The van der Waals surface area contributed by atoms with E-state index >= 15 is 0 Å². The first-order valence-electron chi connectivity index (χ1n) is 9.81. The molecule has 5 rings (SSSR count). The Hall–Kier alpha value is -4.17. The highest BCUT2D eigenvalue weighted by atomic mass is 32.1. The van der Waals surface area contributed by atoms with Gasteiger partial charge in [0.25, 0.3) is 5.91 Å². The average molecular weight is 443 g/mol. The second-order valence-electron chi connectivity index (χ2n) is 7.02.